The Morgan fingerprint density at radius 1 is 1.00 bits per heavy atom. The summed E-state index contributed by atoms with van der Waals surface area (Å²) in [7, 11) is 0. The van der Waals surface area contributed by atoms with Gasteiger partial charge in [0.05, 0.1) is 0 Å². The third-order valence-corrected chi connectivity index (χ3v) is 4.28. The van der Waals surface area contributed by atoms with Crippen LogP contribution in [0.3, 0.4) is 0 Å². The van der Waals surface area contributed by atoms with E-state index in [2.05, 4.69) is 11.4 Å². The van der Waals surface area contributed by atoms with Crippen LogP contribution in [0.1, 0.15) is 30.4 Å². The van der Waals surface area contributed by atoms with Crippen LogP contribution in [0.25, 0.3) is 0 Å². The fraction of sp³-hybridized carbons (Fsp3) is 0.250. The molecule has 3 nitrogen and oxygen atoms in total. The Morgan fingerprint density at radius 3 is 2.04 bits per heavy atom. The van der Waals surface area contributed by atoms with E-state index < -0.39 is 5.60 Å². The summed E-state index contributed by atoms with van der Waals surface area (Å²) in [6.45, 7) is 0. The van der Waals surface area contributed by atoms with Crippen molar-refractivity contribution in [2.45, 2.75) is 30.9 Å². The van der Waals surface area contributed by atoms with Crippen molar-refractivity contribution in [3.05, 3.63) is 83.9 Å². The van der Waals surface area contributed by atoms with E-state index in [1.165, 1.54) is 0 Å². The molecule has 0 radical (unpaired) electrons. The summed E-state index contributed by atoms with van der Waals surface area (Å²) in [5.41, 5.74) is -0.541. The lowest BCUT2D eigenvalue weighted by molar-refractivity contribution is -0.137. The molecule has 1 unspecified atom stereocenters. The van der Waals surface area contributed by atoms with Gasteiger partial charge in [0.1, 0.15) is 0 Å². The average molecular weight is 307 g/mol. The molecular formula is C20H21NO2. The maximum atomic E-state index is 12.9. The number of amides is 1. The molecule has 0 fully saturated rings. The normalized spacial score (nSPS) is 17.7. The minimum absolute atomic E-state index is 0.0183. The highest BCUT2D eigenvalue weighted by Crippen LogP contribution is 2.30. The molecule has 118 valence electrons. The smallest absolute Gasteiger partial charge is 0.261 e. The number of carbonyl (C=O) groups is 1. The van der Waals surface area contributed by atoms with Gasteiger partial charge in [0, 0.05) is 6.04 Å². The molecule has 1 atom stereocenters. The maximum Gasteiger partial charge on any atom is 0.261 e. The highest BCUT2D eigenvalue weighted by atomic mass is 16.3. The van der Waals surface area contributed by atoms with Gasteiger partial charge in [0.15, 0.2) is 5.60 Å². The fourth-order valence-electron chi connectivity index (χ4n) is 2.99. The Balaban J connectivity index is 1.97. The summed E-state index contributed by atoms with van der Waals surface area (Å²) in [5.74, 6) is -0.383. The average Bonchev–Trinajstić information content (AvgIpc) is 2.63. The zero-order valence-corrected chi connectivity index (χ0v) is 13.0. The number of aliphatic hydroxyl groups is 1. The maximum absolute atomic E-state index is 12.9. The van der Waals surface area contributed by atoms with Gasteiger partial charge in [-0.2, -0.15) is 0 Å². The predicted molar refractivity (Wildman–Crippen MR) is 90.8 cm³/mol. The molecule has 1 aliphatic carbocycles. The van der Waals surface area contributed by atoms with Crippen LogP contribution in [-0.2, 0) is 10.4 Å². The van der Waals surface area contributed by atoms with Crippen LogP contribution in [0.15, 0.2) is 72.8 Å². The number of nitrogens with one attached hydrogen (secondary N) is 1. The second kappa shape index (κ2) is 6.80. The third kappa shape index (κ3) is 3.20. The van der Waals surface area contributed by atoms with Crippen molar-refractivity contribution in [3.63, 3.8) is 0 Å². The summed E-state index contributed by atoms with van der Waals surface area (Å²) in [4.78, 5) is 12.9. The SMILES string of the molecule is O=C(NC1C=CCCC1)C(O)(c1ccccc1)c1ccccc1. The number of hydrogen-bond donors (Lipinski definition) is 2. The standard InChI is InChI=1S/C20H21NO2/c22-19(21-18-14-8-3-9-15-18)20(23,16-10-4-1-5-11-16)17-12-6-2-7-13-17/h1-2,4-8,10-14,18,23H,3,9,15H2,(H,21,22). The molecular weight excluding hydrogens is 286 g/mol. The van der Waals surface area contributed by atoms with Gasteiger partial charge >= 0.3 is 0 Å². The number of benzene rings is 2. The van der Waals surface area contributed by atoms with Gasteiger partial charge in [-0.15, -0.1) is 0 Å². The van der Waals surface area contributed by atoms with Crippen molar-refractivity contribution in [3.8, 4) is 0 Å². The second-order valence-corrected chi connectivity index (χ2v) is 5.88. The number of carbonyl (C=O) groups excluding carboxylic acids is 1. The summed E-state index contributed by atoms with van der Waals surface area (Å²) in [6.07, 6.45) is 7.10. The van der Waals surface area contributed by atoms with Gasteiger partial charge in [-0.1, -0.05) is 72.8 Å². The zero-order valence-electron chi connectivity index (χ0n) is 13.0. The Morgan fingerprint density at radius 2 is 1.57 bits per heavy atom. The first-order valence-corrected chi connectivity index (χ1v) is 8.02. The molecule has 3 rings (SSSR count). The predicted octanol–water partition coefficient (Wildman–Crippen LogP) is 3.15. The van der Waals surface area contributed by atoms with E-state index in [-0.39, 0.29) is 11.9 Å². The monoisotopic (exact) mass is 307 g/mol. The Kier molecular flexibility index (Phi) is 4.58. The van der Waals surface area contributed by atoms with E-state index in [9.17, 15) is 9.90 Å². The van der Waals surface area contributed by atoms with E-state index >= 15 is 0 Å². The van der Waals surface area contributed by atoms with E-state index in [4.69, 9.17) is 0 Å². The van der Waals surface area contributed by atoms with E-state index in [1.807, 2.05) is 42.5 Å². The molecule has 1 amide bonds. The van der Waals surface area contributed by atoms with Crippen LogP contribution in [0.4, 0.5) is 0 Å². The van der Waals surface area contributed by atoms with Crippen molar-refractivity contribution in [2.75, 3.05) is 0 Å². The molecule has 0 heterocycles. The fourth-order valence-corrected chi connectivity index (χ4v) is 2.99. The molecule has 3 heteroatoms. The molecule has 0 saturated heterocycles. The molecule has 2 aromatic carbocycles. The lowest BCUT2D eigenvalue weighted by atomic mass is 9.85. The molecule has 2 N–H and O–H groups in total. The van der Waals surface area contributed by atoms with Crippen LogP contribution in [0.5, 0.6) is 0 Å². The Bertz CT molecular complexity index is 640. The molecule has 23 heavy (non-hydrogen) atoms. The minimum atomic E-state index is -1.69. The summed E-state index contributed by atoms with van der Waals surface area (Å²) >= 11 is 0. The van der Waals surface area contributed by atoms with Crippen molar-refractivity contribution in [2.24, 2.45) is 0 Å². The number of rotatable bonds is 4. The highest BCUT2D eigenvalue weighted by molar-refractivity contribution is 5.90. The van der Waals surface area contributed by atoms with Crippen LogP contribution in [-0.4, -0.2) is 17.1 Å². The van der Waals surface area contributed by atoms with Gasteiger partial charge in [-0.3, -0.25) is 4.79 Å². The summed E-state index contributed by atoms with van der Waals surface area (Å²) in [5, 5.41) is 14.3. The van der Waals surface area contributed by atoms with E-state index in [1.54, 1.807) is 24.3 Å². The first-order valence-electron chi connectivity index (χ1n) is 8.02. The topological polar surface area (TPSA) is 49.3 Å². The quantitative estimate of drug-likeness (QED) is 0.853. The van der Waals surface area contributed by atoms with Gasteiger partial charge in [0.25, 0.3) is 5.91 Å². The van der Waals surface area contributed by atoms with Crippen LogP contribution in [0.2, 0.25) is 0 Å². The van der Waals surface area contributed by atoms with Gasteiger partial charge < -0.3 is 10.4 Å². The van der Waals surface area contributed by atoms with Gasteiger partial charge in [-0.05, 0) is 30.4 Å². The number of allylic oxidation sites excluding steroid dienone is 1. The first-order chi connectivity index (χ1) is 11.2. The molecule has 0 aromatic heterocycles. The zero-order chi connectivity index (χ0) is 16.1. The highest BCUT2D eigenvalue weighted by Gasteiger charge is 2.40. The van der Waals surface area contributed by atoms with Crippen molar-refractivity contribution >= 4 is 5.91 Å². The molecule has 0 bridgehead atoms. The third-order valence-electron chi connectivity index (χ3n) is 4.28. The first kappa shape index (κ1) is 15.5. The lowest BCUT2D eigenvalue weighted by Gasteiger charge is -2.30. The molecule has 0 aliphatic heterocycles. The second-order valence-electron chi connectivity index (χ2n) is 5.88. The minimum Gasteiger partial charge on any atom is -0.372 e. The molecule has 0 saturated carbocycles. The molecule has 2 aromatic rings. The van der Waals surface area contributed by atoms with Crippen molar-refractivity contribution < 1.29 is 9.90 Å². The summed E-state index contributed by atoms with van der Waals surface area (Å²) < 4.78 is 0. The van der Waals surface area contributed by atoms with Gasteiger partial charge in [-0.25, -0.2) is 0 Å². The Labute approximate surface area is 136 Å². The van der Waals surface area contributed by atoms with Crippen LogP contribution >= 0.6 is 0 Å². The van der Waals surface area contributed by atoms with E-state index in [0.717, 1.165) is 19.3 Å². The summed E-state index contributed by atoms with van der Waals surface area (Å²) in [6, 6.07) is 18.2. The van der Waals surface area contributed by atoms with Crippen molar-refractivity contribution in [1.29, 1.82) is 0 Å². The largest absolute Gasteiger partial charge is 0.372 e. The van der Waals surface area contributed by atoms with E-state index in [0.29, 0.717) is 11.1 Å². The van der Waals surface area contributed by atoms with Crippen molar-refractivity contribution in [1.82, 2.24) is 5.32 Å². The molecule has 1 aliphatic rings. The number of hydrogen-bond acceptors (Lipinski definition) is 2. The van der Waals surface area contributed by atoms with Crippen LogP contribution in [0, 0.1) is 0 Å². The van der Waals surface area contributed by atoms with Gasteiger partial charge in [0.2, 0.25) is 0 Å². The Hall–Kier alpha value is -2.39. The van der Waals surface area contributed by atoms with Crippen LogP contribution < -0.4 is 5.32 Å². The molecule has 0 spiro atoms. The lowest BCUT2D eigenvalue weighted by Crippen LogP contribution is -2.48.